The maximum Gasteiger partial charge on any atom is 0.337 e. The number of ether oxygens (including phenoxy) is 1. The molecule has 9 heteroatoms. The Bertz CT molecular complexity index is 1440. The third-order valence-corrected chi connectivity index (χ3v) is 6.69. The van der Waals surface area contributed by atoms with Gasteiger partial charge in [-0.3, -0.25) is 14.9 Å². The fourth-order valence-electron chi connectivity index (χ4n) is 4.04. The lowest BCUT2D eigenvalue weighted by atomic mass is 10.1. The summed E-state index contributed by atoms with van der Waals surface area (Å²) in [7, 11) is 1.32. The quantitative estimate of drug-likeness (QED) is 0.298. The molecule has 1 N–H and O–H groups in total. The molecule has 2 heterocycles. The van der Waals surface area contributed by atoms with Gasteiger partial charge in [-0.25, -0.2) is 14.5 Å². The number of barbiturate groups is 1. The highest BCUT2D eigenvalue weighted by Crippen LogP contribution is 2.28. The Labute approximate surface area is 210 Å². The Morgan fingerprint density at radius 3 is 2.43 bits per heavy atom. The van der Waals surface area contributed by atoms with E-state index >= 15 is 0 Å². The number of nitrogens with one attached hydrogen (secondary N) is 1. The summed E-state index contributed by atoms with van der Waals surface area (Å²) in [5, 5.41) is 2.25. The van der Waals surface area contributed by atoms with E-state index in [1.54, 1.807) is 36.4 Å². The van der Waals surface area contributed by atoms with Gasteiger partial charge >= 0.3 is 12.0 Å². The van der Waals surface area contributed by atoms with E-state index in [2.05, 4.69) is 21.2 Å². The number of urea groups is 1. The number of esters is 1. The first-order valence-corrected chi connectivity index (χ1v) is 11.5. The highest BCUT2D eigenvalue weighted by molar-refractivity contribution is 9.10. The number of aryl methyl sites for hydroxylation is 2. The molecule has 8 nitrogen and oxygen atoms in total. The number of amides is 4. The molecule has 2 aromatic carbocycles. The Balaban J connectivity index is 1.76. The number of aromatic nitrogens is 1. The Kier molecular flexibility index (Phi) is 6.45. The van der Waals surface area contributed by atoms with Crippen molar-refractivity contribution in [2.75, 3.05) is 12.0 Å². The summed E-state index contributed by atoms with van der Waals surface area (Å²) >= 11 is 3.40. The van der Waals surface area contributed by atoms with Gasteiger partial charge in [-0.05, 0) is 80.4 Å². The largest absolute Gasteiger partial charge is 0.465 e. The first-order valence-electron chi connectivity index (χ1n) is 10.7. The van der Waals surface area contributed by atoms with Crippen molar-refractivity contribution in [3.05, 3.63) is 86.7 Å². The van der Waals surface area contributed by atoms with Crippen LogP contribution in [-0.4, -0.2) is 35.5 Å². The lowest BCUT2D eigenvalue weighted by Gasteiger charge is -2.26. The van der Waals surface area contributed by atoms with Crippen LogP contribution in [0.15, 0.2) is 58.6 Å². The summed E-state index contributed by atoms with van der Waals surface area (Å²) in [4.78, 5) is 51.3. The van der Waals surface area contributed by atoms with Crippen LogP contribution in [0.2, 0.25) is 0 Å². The molecule has 4 amide bonds. The molecule has 1 fully saturated rings. The molecular formula is C26H22BrN3O5. The van der Waals surface area contributed by atoms with Crippen LogP contribution in [0.25, 0.3) is 11.8 Å². The normalized spacial score (nSPS) is 14.9. The minimum Gasteiger partial charge on any atom is -0.465 e. The molecule has 0 bridgehead atoms. The molecule has 178 valence electrons. The van der Waals surface area contributed by atoms with Crippen molar-refractivity contribution in [3.63, 3.8) is 0 Å². The molecule has 4 rings (SSSR count). The zero-order valence-electron chi connectivity index (χ0n) is 19.5. The predicted molar refractivity (Wildman–Crippen MR) is 134 cm³/mol. The molecule has 1 saturated heterocycles. The van der Waals surface area contributed by atoms with E-state index in [1.807, 2.05) is 37.5 Å². The van der Waals surface area contributed by atoms with Gasteiger partial charge in [0.1, 0.15) is 5.57 Å². The second-order valence-electron chi connectivity index (χ2n) is 8.10. The average molecular weight is 536 g/mol. The zero-order chi connectivity index (χ0) is 25.4. The molecule has 1 aromatic heterocycles. The molecule has 0 radical (unpaired) electrons. The minimum absolute atomic E-state index is 0.159. The number of benzene rings is 2. The molecule has 0 unspecified atom stereocenters. The molecule has 1 aliphatic heterocycles. The monoisotopic (exact) mass is 535 g/mol. The number of carbonyl (C=O) groups excluding carboxylic acids is 4. The third-order valence-electron chi connectivity index (χ3n) is 5.80. The van der Waals surface area contributed by atoms with Gasteiger partial charge in [0.2, 0.25) is 0 Å². The van der Waals surface area contributed by atoms with Crippen molar-refractivity contribution < 1.29 is 23.9 Å². The lowest BCUT2D eigenvalue weighted by Crippen LogP contribution is -2.54. The van der Waals surface area contributed by atoms with Crippen molar-refractivity contribution in [3.8, 4) is 5.69 Å². The summed E-state index contributed by atoms with van der Waals surface area (Å²) in [6.07, 6.45) is 1.48. The van der Waals surface area contributed by atoms with Crippen molar-refractivity contribution in [2.45, 2.75) is 20.8 Å². The summed E-state index contributed by atoms with van der Waals surface area (Å²) < 4.78 is 7.55. The number of imide groups is 2. The van der Waals surface area contributed by atoms with Crippen LogP contribution < -0.4 is 10.2 Å². The van der Waals surface area contributed by atoms with Gasteiger partial charge < -0.3 is 9.30 Å². The molecule has 1 aliphatic rings. The minimum atomic E-state index is -0.802. The second kappa shape index (κ2) is 9.34. The van der Waals surface area contributed by atoms with Gasteiger partial charge in [-0.15, -0.1) is 0 Å². The summed E-state index contributed by atoms with van der Waals surface area (Å²) in [5.41, 5.74) is 4.38. The Hall–Kier alpha value is -3.98. The molecule has 3 aromatic rings. The van der Waals surface area contributed by atoms with E-state index in [9.17, 15) is 19.2 Å². The van der Waals surface area contributed by atoms with Gasteiger partial charge in [-0.2, -0.15) is 0 Å². The van der Waals surface area contributed by atoms with Crippen LogP contribution in [0, 0.1) is 20.8 Å². The number of nitrogens with zero attached hydrogens (tertiary/aromatic N) is 2. The summed E-state index contributed by atoms with van der Waals surface area (Å²) in [5.74, 6) is -1.92. The second-order valence-corrected chi connectivity index (χ2v) is 8.95. The maximum absolute atomic E-state index is 13.3. The van der Waals surface area contributed by atoms with E-state index in [4.69, 9.17) is 4.74 Å². The fourth-order valence-corrected chi connectivity index (χ4v) is 4.28. The third kappa shape index (κ3) is 4.42. The van der Waals surface area contributed by atoms with Crippen molar-refractivity contribution in [1.82, 2.24) is 9.88 Å². The van der Waals surface area contributed by atoms with E-state index in [0.717, 1.165) is 32.0 Å². The van der Waals surface area contributed by atoms with Crippen LogP contribution in [-0.2, 0) is 14.3 Å². The first kappa shape index (κ1) is 24.2. The number of rotatable bonds is 4. The molecule has 0 saturated carbocycles. The van der Waals surface area contributed by atoms with Crippen molar-refractivity contribution in [1.29, 1.82) is 0 Å². The van der Waals surface area contributed by atoms with Gasteiger partial charge in [0.15, 0.2) is 0 Å². The number of hydrogen-bond acceptors (Lipinski definition) is 5. The zero-order valence-corrected chi connectivity index (χ0v) is 21.1. The van der Waals surface area contributed by atoms with Gasteiger partial charge in [0.05, 0.1) is 18.4 Å². The number of carbonyl (C=O) groups is 4. The molecular weight excluding hydrogens is 514 g/mol. The molecule has 35 heavy (non-hydrogen) atoms. The number of halogens is 1. The topological polar surface area (TPSA) is 97.7 Å². The highest BCUT2D eigenvalue weighted by Gasteiger charge is 2.37. The number of hydrogen-bond donors (Lipinski definition) is 1. The first-order chi connectivity index (χ1) is 16.6. The number of methoxy groups -OCH3 is 1. The Morgan fingerprint density at radius 2 is 1.74 bits per heavy atom. The van der Waals surface area contributed by atoms with Crippen LogP contribution >= 0.6 is 15.9 Å². The lowest BCUT2D eigenvalue weighted by molar-refractivity contribution is -0.122. The maximum atomic E-state index is 13.3. The van der Waals surface area contributed by atoms with Crippen LogP contribution in [0.4, 0.5) is 10.5 Å². The number of anilines is 1. The fraction of sp³-hybridized carbons (Fsp3) is 0.154. The Morgan fingerprint density at radius 1 is 1.00 bits per heavy atom. The van der Waals surface area contributed by atoms with Crippen molar-refractivity contribution >= 4 is 51.5 Å². The average Bonchev–Trinajstić information content (AvgIpc) is 3.10. The SMILES string of the molecule is COC(=O)c1cccc(-n2c(C)cc(/C=C3\C(=O)NC(=O)N(c4ccc(Br)c(C)c4)C3=O)c2C)c1. The van der Waals surface area contributed by atoms with E-state index in [0.29, 0.717) is 16.8 Å². The van der Waals surface area contributed by atoms with E-state index in [1.165, 1.54) is 13.2 Å². The predicted octanol–water partition coefficient (Wildman–Crippen LogP) is 4.62. The van der Waals surface area contributed by atoms with Crippen molar-refractivity contribution in [2.24, 2.45) is 0 Å². The highest BCUT2D eigenvalue weighted by atomic mass is 79.9. The van der Waals surface area contributed by atoms with Gasteiger partial charge in [-0.1, -0.05) is 22.0 Å². The summed E-state index contributed by atoms with van der Waals surface area (Å²) in [6.45, 7) is 5.56. The smallest absolute Gasteiger partial charge is 0.337 e. The standard InChI is InChI=1S/C26H22BrN3O5/c1-14-10-20(8-9-22(14)27)30-24(32)21(23(31)28-26(30)34)13-18-11-15(2)29(16(18)3)19-7-5-6-17(12-19)25(33)35-4/h5-13H,1-4H3,(H,28,31,34)/b21-13+. The van der Waals surface area contributed by atoms with Crippen LogP contribution in [0.1, 0.15) is 32.9 Å². The summed E-state index contributed by atoms with van der Waals surface area (Å²) in [6, 6.07) is 13.0. The van der Waals surface area contributed by atoms with Gasteiger partial charge in [0.25, 0.3) is 11.8 Å². The van der Waals surface area contributed by atoms with Gasteiger partial charge in [0, 0.05) is 21.5 Å². The van der Waals surface area contributed by atoms with Crippen LogP contribution in [0.3, 0.4) is 0 Å². The van der Waals surface area contributed by atoms with Crippen LogP contribution in [0.5, 0.6) is 0 Å². The van der Waals surface area contributed by atoms with E-state index in [-0.39, 0.29) is 5.57 Å². The van der Waals surface area contributed by atoms with E-state index < -0.39 is 23.8 Å². The molecule has 0 atom stereocenters. The molecule has 0 aliphatic carbocycles. The molecule has 0 spiro atoms.